The number of benzene rings is 1. The van der Waals surface area contributed by atoms with Crippen LogP contribution in [0.5, 0.6) is 0 Å². The van der Waals surface area contributed by atoms with Crippen LogP contribution in [0.25, 0.3) is 0 Å². The average Bonchev–Trinajstić information content (AvgIpc) is 2.56. The third kappa shape index (κ3) is 2.53. The van der Waals surface area contributed by atoms with Crippen molar-refractivity contribution >= 4 is 23.2 Å². The van der Waals surface area contributed by atoms with Gasteiger partial charge in [0.25, 0.3) is 0 Å². The van der Waals surface area contributed by atoms with E-state index in [-0.39, 0.29) is 6.04 Å². The average molecular weight is 284 g/mol. The van der Waals surface area contributed by atoms with E-state index in [1.807, 2.05) is 38.2 Å². The van der Waals surface area contributed by atoms with Crippen LogP contribution in [0.1, 0.15) is 23.0 Å². The van der Waals surface area contributed by atoms with Gasteiger partial charge >= 0.3 is 0 Å². The van der Waals surface area contributed by atoms with E-state index in [9.17, 15) is 0 Å². The molecule has 0 saturated heterocycles. The van der Waals surface area contributed by atoms with Gasteiger partial charge in [-0.3, -0.25) is 4.68 Å². The number of aromatic nitrogens is 2. The predicted molar refractivity (Wildman–Crippen MR) is 75.0 cm³/mol. The maximum absolute atomic E-state index is 6.21. The molecule has 5 heteroatoms. The largest absolute Gasteiger partial charge is 0.324 e. The number of hydrogen-bond acceptors (Lipinski definition) is 2. The second-order valence-electron chi connectivity index (χ2n) is 4.30. The summed E-state index contributed by atoms with van der Waals surface area (Å²) in [6, 6.07) is 7.40. The third-order valence-electron chi connectivity index (χ3n) is 2.98. The number of nitrogens with two attached hydrogens (primary N) is 1. The highest BCUT2D eigenvalue weighted by Crippen LogP contribution is 2.27. The first-order valence-electron chi connectivity index (χ1n) is 5.68. The van der Waals surface area contributed by atoms with Crippen molar-refractivity contribution in [1.82, 2.24) is 9.78 Å². The van der Waals surface area contributed by atoms with Crippen LogP contribution in [0, 0.1) is 6.92 Å². The maximum atomic E-state index is 6.21. The highest BCUT2D eigenvalue weighted by Gasteiger charge is 2.17. The van der Waals surface area contributed by atoms with Crippen molar-refractivity contribution in [2.45, 2.75) is 19.4 Å². The summed E-state index contributed by atoms with van der Waals surface area (Å²) in [5.41, 5.74) is 8.87. The molecular formula is C13H15Cl2N3. The van der Waals surface area contributed by atoms with E-state index in [0.717, 1.165) is 17.0 Å². The highest BCUT2D eigenvalue weighted by atomic mass is 35.5. The molecule has 1 heterocycles. The van der Waals surface area contributed by atoms with E-state index in [2.05, 4.69) is 5.10 Å². The lowest BCUT2D eigenvalue weighted by Crippen LogP contribution is -2.16. The molecule has 0 aliphatic carbocycles. The molecule has 0 aliphatic heterocycles. The normalized spacial score (nSPS) is 12.7. The summed E-state index contributed by atoms with van der Waals surface area (Å²) in [7, 11) is 1.87. The molecule has 0 amide bonds. The van der Waals surface area contributed by atoms with Crippen LogP contribution in [-0.2, 0) is 13.5 Å². The molecule has 96 valence electrons. The van der Waals surface area contributed by atoms with Gasteiger partial charge in [0.2, 0.25) is 0 Å². The molecule has 0 aliphatic rings. The smallest absolute Gasteiger partial charge is 0.0847 e. The highest BCUT2D eigenvalue weighted by molar-refractivity contribution is 6.32. The van der Waals surface area contributed by atoms with Crippen molar-refractivity contribution in [1.29, 1.82) is 0 Å². The monoisotopic (exact) mass is 283 g/mol. The second kappa shape index (κ2) is 5.31. The lowest BCUT2D eigenvalue weighted by Gasteiger charge is -2.14. The molecule has 0 bridgehead atoms. The number of aryl methyl sites for hydroxylation is 2. The molecule has 2 aromatic rings. The molecule has 1 aromatic carbocycles. The molecule has 18 heavy (non-hydrogen) atoms. The SMILES string of the molecule is Cc1nn(C)c(CC(N)c2ccccc2Cl)c1Cl. The Morgan fingerprint density at radius 1 is 1.33 bits per heavy atom. The Balaban J connectivity index is 2.27. The van der Waals surface area contributed by atoms with Crippen molar-refractivity contribution < 1.29 is 0 Å². The van der Waals surface area contributed by atoms with E-state index in [1.165, 1.54) is 0 Å². The summed E-state index contributed by atoms with van der Waals surface area (Å²) >= 11 is 12.3. The zero-order valence-electron chi connectivity index (χ0n) is 10.3. The van der Waals surface area contributed by atoms with E-state index >= 15 is 0 Å². The van der Waals surface area contributed by atoms with E-state index in [1.54, 1.807) is 4.68 Å². The van der Waals surface area contributed by atoms with Gasteiger partial charge in [0.05, 0.1) is 16.4 Å². The standard InChI is InChI=1S/C13H15Cl2N3/c1-8-13(15)12(18(2)17-8)7-11(16)9-5-3-4-6-10(9)14/h3-6,11H,7,16H2,1-2H3. The molecule has 2 rings (SSSR count). The first-order chi connectivity index (χ1) is 8.50. The van der Waals surface area contributed by atoms with E-state index < -0.39 is 0 Å². The van der Waals surface area contributed by atoms with Gasteiger partial charge in [-0.05, 0) is 18.6 Å². The van der Waals surface area contributed by atoms with Crippen LogP contribution in [-0.4, -0.2) is 9.78 Å². The number of rotatable bonds is 3. The molecule has 2 N–H and O–H groups in total. The van der Waals surface area contributed by atoms with Gasteiger partial charge in [0.1, 0.15) is 0 Å². The summed E-state index contributed by atoms with van der Waals surface area (Å²) < 4.78 is 1.77. The predicted octanol–water partition coefficient (Wildman–Crippen LogP) is 3.28. The van der Waals surface area contributed by atoms with Crippen LogP contribution in [0.3, 0.4) is 0 Å². The Labute approximate surface area is 117 Å². The van der Waals surface area contributed by atoms with E-state index in [0.29, 0.717) is 16.5 Å². The van der Waals surface area contributed by atoms with Gasteiger partial charge < -0.3 is 5.73 Å². The Hall–Kier alpha value is -1.03. The van der Waals surface area contributed by atoms with Crippen molar-refractivity contribution in [3.8, 4) is 0 Å². The van der Waals surface area contributed by atoms with Gasteiger partial charge in [-0.25, -0.2) is 0 Å². The van der Waals surface area contributed by atoms with Crippen molar-refractivity contribution in [3.63, 3.8) is 0 Å². The Kier molecular flexibility index (Phi) is 3.95. The van der Waals surface area contributed by atoms with Gasteiger partial charge in [-0.15, -0.1) is 0 Å². The summed E-state index contributed by atoms with van der Waals surface area (Å²) in [6.07, 6.45) is 0.611. The van der Waals surface area contributed by atoms with Crippen molar-refractivity contribution in [3.05, 3.63) is 51.3 Å². The Bertz CT molecular complexity index is 563. The minimum Gasteiger partial charge on any atom is -0.324 e. The van der Waals surface area contributed by atoms with Crippen molar-refractivity contribution in [2.75, 3.05) is 0 Å². The number of halogens is 2. The maximum Gasteiger partial charge on any atom is 0.0847 e. The zero-order valence-corrected chi connectivity index (χ0v) is 11.8. The van der Waals surface area contributed by atoms with Gasteiger partial charge in [0, 0.05) is 24.5 Å². The Morgan fingerprint density at radius 2 is 2.00 bits per heavy atom. The number of hydrogen-bond donors (Lipinski definition) is 1. The first kappa shape index (κ1) is 13.4. The molecule has 0 fully saturated rings. The van der Waals surface area contributed by atoms with Gasteiger partial charge in [-0.2, -0.15) is 5.10 Å². The molecule has 1 atom stereocenters. The van der Waals surface area contributed by atoms with Crippen LogP contribution in [0.15, 0.2) is 24.3 Å². The summed E-state index contributed by atoms with van der Waals surface area (Å²) in [4.78, 5) is 0. The van der Waals surface area contributed by atoms with Gasteiger partial charge in [-0.1, -0.05) is 41.4 Å². The molecule has 1 unspecified atom stereocenters. The molecular weight excluding hydrogens is 269 g/mol. The topological polar surface area (TPSA) is 43.8 Å². The zero-order chi connectivity index (χ0) is 13.3. The fourth-order valence-corrected chi connectivity index (χ4v) is 2.51. The summed E-state index contributed by atoms with van der Waals surface area (Å²) in [6.45, 7) is 1.88. The quantitative estimate of drug-likeness (QED) is 0.940. The summed E-state index contributed by atoms with van der Waals surface area (Å²) in [5.74, 6) is 0. The first-order valence-corrected chi connectivity index (χ1v) is 6.44. The van der Waals surface area contributed by atoms with Crippen molar-refractivity contribution in [2.24, 2.45) is 12.8 Å². The lowest BCUT2D eigenvalue weighted by molar-refractivity contribution is 0.640. The number of nitrogens with zero attached hydrogens (tertiary/aromatic N) is 2. The molecule has 0 saturated carbocycles. The fourth-order valence-electron chi connectivity index (χ4n) is 2.00. The molecule has 3 nitrogen and oxygen atoms in total. The lowest BCUT2D eigenvalue weighted by atomic mass is 10.0. The molecule has 0 spiro atoms. The molecule has 0 radical (unpaired) electrons. The second-order valence-corrected chi connectivity index (χ2v) is 5.09. The van der Waals surface area contributed by atoms with E-state index in [4.69, 9.17) is 28.9 Å². The van der Waals surface area contributed by atoms with Crippen LogP contribution in [0.2, 0.25) is 10.0 Å². The Morgan fingerprint density at radius 3 is 2.56 bits per heavy atom. The van der Waals surface area contributed by atoms with Gasteiger partial charge in [0.15, 0.2) is 0 Å². The third-order valence-corrected chi connectivity index (χ3v) is 3.82. The minimum absolute atomic E-state index is 0.189. The van der Waals surface area contributed by atoms with Crippen LogP contribution in [0.4, 0.5) is 0 Å². The molecule has 1 aromatic heterocycles. The summed E-state index contributed by atoms with van der Waals surface area (Å²) in [5, 5.41) is 5.64. The van der Waals surface area contributed by atoms with Crippen LogP contribution < -0.4 is 5.73 Å². The van der Waals surface area contributed by atoms with Crippen LogP contribution >= 0.6 is 23.2 Å². The fraction of sp³-hybridized carbons (Fsp3) is 0.308. The minimum atomic E-state index is -0.189.